The summed E-state index contributed by atoms with van der Waals surface area (Å²) in [6.45, 7) is 5.69. The van der Waals surface area contributed by atoms with Gasteiger partial charge in [-0.2, -0.15) is 0 Å². The molecule has 9 nitrogen and oxygen atoms in total. The minimum absolute atomic E-state index is 0.140. The van der Waals surface area contributed by atoms with Crippen molar-refractivity contribution in [3.8, 4) is 11.5 Å². The number of carbonyl (C=O) groups is 4. The Morgan fingerprint density at radius 1 is 1.05 bits per heavy atom. The second kappa shape index (κ2) is 12.9. The normalized spacial score (nSPS) is 14.2. The van der Waals surface area contributed by atoms with Crippen LogP contribution in [0.3, 0.4) is 0 Å². The minimum atomic E-state index is -0.914. The number of hydrogen-bond acceptors (Lipinski definition) is 6. The largest absolute Gasteiger partial charge is 0.490 e. The summed E-state index contributed by atoms with van der Waals surface area (Å²) in [7, 11) is 0. The summed E-state index contributed by atoms with van der Waals surface area (Å²) in [5, 5.41) is 5.40. The van der Waals surface area contributed by atoms with Gasteiger partial charge in [-0.1, -0.05) is 35.3 Å². The molecule has 0 unspecified atom stereocenters. The van der Waals surface area contributed by atoms with Crippen molar-refractivity contribution in [1.82, 2.24) is 5.32 Å². The molecule has 1 saturated heterocycles. The average molecular weight is 708 g/mol. The topological polar surface area (TPSA) is 114 Å². The van der Waals surface area contributed by atoms with Gasteiger partial charge in [0.1, 0.15) is 5.57 Å². The molecule has 1 fully saturated rings. The number of imide groups is 2. The third kappa shape index (κ3) is 6.83. The Morgan fingerprint density at radius 2 is 1.80 bits per heavy atom. The van der Waals surface area contributed by atoms with E-state index in [4.69, 9.17) is 32.7 Å². The molecule has 1 aliphatic heterocycles. The first-order valence-electron chi connectivity index (χ1n) is 12.3. The van der Waals surface area contributed by atoms with E-state index in [9.17, 15) is 19.2 Å². The Kier molecular flexibility index (Phi) is 9.57. The van der Waals surface area contributed by atoms with Gasteiger partial charge in [0.2, 0.25) is 0 Å². The van der Waals surface area contributed by atoms with E-state index in [1.54, 1.807) is 19.1 Å². The molecule has 2 N–H and O–H groups in total. The highest BCUT2D eigenvalue weighted by atomic mass is 127. The second-order valence-corrected chi connectivity index (χ2v) is 10.9. The van der Waals surface area contributed by atoms with Crippen molar-refractivity contribution in [2.24, 2.45) is 0 Å². The number of urea groups is 1. The van der Waals surface area contributed by atoms with Crippen molar-refractivity contribution >= 4 is 87.0 Å². The van der Waals surface area contributed by atoms with Gasteiger partial charge < -0.3 is 14.8 Å². The first-order valence-corrected chi connectivity index (χ1v) is 14.1. The lowest BCUT2D eigenvalue weighted by molar-refractivity contribution is -0.122. The second-order valence-electron chi connectivity index (χ2n) is 8.90. The highest BCUT2D eigenvalue weighted by Crippen LogP contribution is 2.36. The van der Waals surface area contributed by atoms with Crippen molar-refractivity contribution in [2.45, 2.75) is 20.8 Å². The summed E-state index contributed by atoms with van der Waals surface area (Å²) in [6.07, 6.45) is 1.34. The van der Waals surface area contributed by atoms with Crippen molar-refractivity contribution in [3.05, 3.63) is 84.4 Å². The van der Waals surface area contributed by atoms with Gasteiger partial charge in [-0.05, 0) is 103 Å². The number of ether oxygens (including phenoxy) is 2. The molecule has 41 heavy (non-hydrogen) atoms. The summed E-state index contributed by atoms with van der Waals surface area (Å²) in [5.74, 6) is -1.40. The van der Waals surface area contributed by atoms with Gasteiger partial charge in [0.05, 0.1) is 25.9 Å². The number of barbiturate groups is 1. The van der Waals surface area contributed by atoms with Crippen molar-refractivity contribution in [2.75, 3.05) is 23.4 Å². The third-order valence-electron chi connectivity index (χ3n) is 6.13. The van der Waals surface area contributed by atoms with E-state index in [-0.39, 0.29) is 33.8 Å². The van der Waals surface area contributed by atoms with E-state index in [0.717, 1.165) is 16.0 Å². The van der Waals surface area contributed by atoms with Crippen molar-refractivity contribution < 1.29 is 28.7 Å². The zero-order chi connectivity index (χ0) is 29.8. The molecule has 0 saturated carbocycles. The summed E-state index contributed by atoms with van der Waals surface area (Å²) < 4.78 is 12.2. The van der Waals surface area contributed by atoms with Crippen LogP contribution in [-0.4, -0.2) is 37.0 Å². The van der Waals surface area contributed by atoms with Gasteiger partial charge in [0.15, 0.2) is 18.1 Å². The minimum Gasteiger partial charge on any atom is -0.490 e. The maximum atomic E-state index is 13.3. The highest BCUT2D eigenvalue weighted by molar-refractivity contribution is 14.1. The van der Waals surface area contributed by atoms with Crippen LogP contribution >= 0.6 is 45.8 Å². The monoisotopic (exact) mass is 707 g/mol. The number of nitrogens with zero attached hydrogens (tertiary/aromatic N) is 1. The van der Waals surface area contributed by atoms with Gasteiger partial charge in [-0.25, -0.2) is 9.69 Å². The van der Waals surface area contributed by atoms with Crippen LogP contribution in [0.1, 0.15) is 23.6 Å². The molecule has 0 spiro atoms. The van der Waals surface area contributed by atoms with E-state index in [1.165, 1.54) is 24.3 Å². The van der Waals surface area contributed by atoms with Crippen LogP contribution in [0.15, 0.2) is 54.1 Å². The Labute approximate surface area is 259 Å². The molecule has 3 aromatic carbocycles. The molecule has 3 aromatic rings. The molecule has 0 aliphatic carbocycles. The zero-order valence-electron chi connectivity index (χ0n) is 22.1. The molecular weight excluding hydrogens is 684 g/mol. The molecule has 5 amide bonds. The number of halogens is 3. The van der Waals surface area contributed by atoms with E-state index >= 15 is 0 Å². The molecule has 4 rings (SSSR count). The van der Waals surface area contributed by atoms with Gasteiger partial charge >= 0.3 is 6.03 Å². The lowest BCUT2D eigenvalue weighted by Gasteiger charge is -2.26. The van der Waals surface area contributed by atoms with Crippen molar-refractivity contribution in [1.29, 1.82) is 0 Å². The van der Waals surface area contributed by atoms with Crippen LogP contribution in [0.4, 0.5) is 16.2 Å². The molecule has 1 aliphatic rings. The SMILES string of the molecule is CCOc1cc(/C=C2/C(=O)NC(=O)N(c3ccc(Cl)c(Cl)c3)C2=O)cc(I)c1OCC(=O)Nc1cccc(C)c1C. The number of hydrogen-bond donors (Lipinski definition) is 2. The fourth-order valence-corrected chi connectivity index (χ4v) is 5.04. The average Bonchev–Trinajstić information content (AvgIpc) is 2.91. The van der Waals surface area contributed by atoms with Crippen LogP contribution in [-0.2, 0) is 14.4 Å². The Morgan fingerprint density at radius 3 is 2.51 bits per heavy atom. The summed E-state index contributed by atoms with van der Waals surface area (Å²) >= 11 is 14.0. The molecule has 0 bridgehead atoms. The summed E-state index contributed by atoms with van der Waals surface area (Å²) in [4.78, 5) is 51.9. The predicted molar refractivity (Wildman–Crippen MR) is 166 cm³/mol. The fraction of sp³-hybridized carbons (Fsp3) is 0.172. The molecule has 12 heteroatoms. The van der Waals surface area contributed by atoms with Gasteiger partial charge in [0, 0.05) is 5.69 Å². The number of carbonyl (C=O) groups excluding carboxylic acids is 4. The molecule has 0 radical (unpaired) electrons. The highest BCUT2D eigenvalue weighted by Gasteiger charge is 2.37. The van der Waals surface area contributed by atoms with E-state index < -0.39 is 17.8 Å². The lowest BCUT2D eigenvalue weighted by Crippen LogP contribution is -2.54. The first kappa shape index (κ1) is 30.4. The Balaban J connectivity index is 1.59. The quantitative estimate of drug-likeness (QED) is 0.162. The zero-order valence-corrected chi connectivity index (χ0v) is 25.8. The predicted octanol–water partition coefficient (Wildman–Crippen LogP) is 6.30. The maximum Gasteiger partial charge on any atom is 0.335 e. The van der Waals surface area contributed by atoms with Crippen LogP contribution in [0.25, 0.3) is 6.08 Å². The number of amides is 5. The molecular formula is C29H24Cl2IN3O6. The third-order valence-corrected chi connectivity index (χ3v) is 7.67. The Hall–Kier alpha value is -3.61. The van der Waals surface area contributed by atoms with Crippen LogP contribution in [0, 0.1) is 17.4 Å². The van der Waals surface area contributed by atoms with Crippen LogP contribution < -0.4 is 25.0 Å². The van der Waals surface area contributed by atoms with Gasteiger partial charge in [0.25, 0.3) is 17.7 Å². The molecule has 1 heterocycles. The first-order chi connectivity index (χ1) is 19.5. The van der Waals surface area contributed by atoms with E-state index in [2.05, 4.69) is 10.6 Å². The van der Waals surface area contributed by atoms with Crippen molar-refractivity contribution in [3.63, 3.8) is 0 Å². The lowest BCUT2D eigenvalue weighted by atomic mass is 10.1. The standard InChI is InChI=1S/C29H24Cl2IN3O6/c1-4-40-24-12-17(11-22(32)26(24)41-14-25(36)33-23-7-5-6-15(2)16(23)3)10-19-27(37)34-29(39)35(28(19)38)18-8-9-20(30)21(31)13-18/h5-13H,4,14H2,1-3H3,(H,33,36)(H,34,37,39)/b19-10-. The van der Waals surface area contributed by atoms with Gasteiger partial charge in [-0.15, -0.1) is 0 Å². The number of nitrogens with one attached hydrogen (secondary N) is 2. The Bertz CT molecular complexity index is 1610. The molecule has 0 atom stereocenters. The van der Waals surface area contributed by atoms with Gasteiger partial charge in [-0.3, -0.25) is 19.7 Å². The number of benzene rings is 3. The number of rotatable bonds is 8. The molecule has 0 aromatic heterocycles. The van der Waals surface area contributed by atoms with Crippen LogP contribution in [0.2, 0.25) is 10.0 Å². The number of anilines is 2. The van der Waals surface area contributed by atoms with E-state index in [1.807, 2.05) is 54.6 Å². The maximum absolute atomic E-state index is 13.3. The fourth-order valence-electron chi connectivity index (χ4n) is 3.97. The van der Waals surface area contributed by atoms with Crippen LogP contribution in [0.5, 0.6) is 11.5 Å². The smallest absolute Gasteiger partial charge is 0.335 e. The summed E-state index contributed by atoms with van der Waals surface area (Å²) in [5.41, 5.74) is 3.01. The van der Waals surface area contributed by atoms with E-state index in [0.29, 0.717) is 32.9 Å². The summed E-state index contributed by atoms with van der Waals surface area (Å²) in [6, 6.07) is 12.2. The molecule has 212 valence electrons. The number of aryl methyl sites for hydroxylation is 1.